The minimum Gasteiger partial charge on any atom is -0.367 e. The largest absolute Gasteiger partial charge is 0.367 e. The first-order valence-corrected chi connectivity index (χ1v) is 12.3. The van der Waals surface area contributed by atoms with Crippen LogP contribution in [0.25, 0.3) is 0 Å². The smallest absolute Gasteiger partial charge is 0.225 e. The number of nitrogens with one attached hydrogen (secondary N) is 1. The minimum absolute atomic E-state index is 0.0534. The van der Waals surface area contributed by atoms with Crippen molar-refractivity contribution in [3.63, 3.8) is 0 Å². The third-order valence-corrected chi connectivity index (χ3v) is 6.83. The quantitative estimate of drug-likeness (QED) is 0.465. The molecule has 1 saturated heterocycles. The maximum atomic E-state index is 13.7. The van der Waals surface area contributed by atoms with E-state index in [1.807, 2.05) is 30.6 Å². The molecular weight excluding hydrogens is 435 g/mol. The van der Waals surface area contributed by atoms with E-state index in [2.05, 4.69) is 38.3 Å². The van der Waals surface area contributed by atoms with Gasteiger partial charge in [0.25, 0.3) is 0 Å². The van der Waals surface area contributed by atoms with Crippen LogP contribution in [0, 0.1) is 5.82 Å². The van der Waals surface area contributed by atoms with E-state index >= 15 is 0 Å². The molecule has 2 aromatic carbocycles. The van der Waals surface area contributed by atoms with E-state index in [0.29, 0.717) is 17.1 Å². The van der Waals surface area contributed by atoms with Gasteiger partial charge in [0.15, 0.2) is 0 Å². The summed E-state index contributed by atoms with van der Waals surface area (Å²) in [5.41, 5.74) is 3.21. The van der Waals surface area contributed by atoms with Crippen molar-refractivity contribution in [3.05, 3.63) is 84.4 Å². The zero-order valence-corrected chi connectivity index (χ0v) is 19.4. The summed E-state index contributed by atoms with van der Waals surface area (Å²) in [7, 11) is 0. The number of thioether (sulfide) groups is 1. The summed E-state index contributed by atoms with van der Waals surface area (Å²) >= 11 is 1.37. The first kappa shape index (κ1) is 23.3. The van der Waals surface area contributed by atoms with Crippen molar-refractivity contribution >= 4 is 29.0 Å². The van der Waals surface area contributed by atoms with E-state index in [4.69, 9.17) is 0 Å². The lowest BCUT2D eigenvalue weighted by Gasteiger charge is -2.37. The Hall–Kier alpha value is -2.90. The molecular formula is C26H29FN4OS. The third kappa shape index (κ3) is 6.79. The summed E-state index contributed by atoms with van der Waals surface area (Å²) in [5.74, 6) is 0.237. The summed E-state index contributed by atoms with van der Waals surface area (Å²) in [5, 5.41) is 3.06. The third-order valence-electron chi connectivity index (χ3n) is 5.78. The number of pyridine rings is 1. The van der Waals surface area contributed by atoms with Gasteiger partial charge in [-0.2, -0.15) is 0 Å². The molecule has 0 saturated carbocycles. The van der Waals surface area contributed by atoms with Gasteiger partial charge in [-0.05, 0) is 48.4 Å². The number of carbonyl (C=O) groups excluding carboxylic acids is 1. The number of amides is 1. The number of hydrogen-bond acceptors (Lipinski definition) is 5. The molecule has 1 aromatic heterocycles. The Morgan fingerprint density at radius 2 is 1.70 bits per heavy atom. The molecule has 1 fully saturated rings. The predicted octanol–water partition coefficient (Wildman–Crippen LogP) is 4.71. The average Bonchev–Trinajstić information content (AvgIpc) is 2.85. The molecule has 0 aliphatic carbocycles. The van der Waals surface area contributed by atoms with Gasteiger partial charge in [0.05, 0.1) is 11.4 Å². The van der Waals surface area contributed by atoms with Crippen molar-refractivity contribution in [2.75, 3.05) is 48.7 Å². The zero-order chi connectivity index (χ0) is 22.9. The van der Waals surface area contributed by atoms with E-state index in [9.17, 15) is 9.18 Å². The topological polar surface area (TPSA) is 48.5 Å². The monoisotopic (exact) mass is 464 g/mol. The van der Waals surface area contributed by atoms with Crippen molar-refractivity contribution in [1.29, 1.82) is 0 Å². The fourth-order valence-corrected chi connectivity index (χ4v) is 4.82. The molecule has 1 amide bonds. The van der Waals surface area contributed by atoms with Crippen LogP contribution in [0.15, 0.2) is 78.0 Å². The van der Waals surface area contributed by atoms with Gasteiger partial charge in [-0.15, -0.1) is 11.8 Å². The fraction of sp³-hybridized carbons (Fsp3) is 0.308. The van der Waals surface area contributed by atoms with Crippen molar-refractivity contribution in [1.82, 2.24) is 9.88 Å². The number of carbonyl (C=O) groups is 1. The van der Waals surface area contributed by atoms with Gasteiger partial charge in [-0.3, -0.25) is 14.7 Å². The van der Waals surface area contributed by atoms with Crippen LogP contribution >= 0.6 is 11.8 Å². The Kier molecular flexibility index (Phi) is 8.33. The zero-order valence-electron chi connectivity index (χ0n) is 18.6. The van der Waals surface area contributed by atoms with E-state index in [1.54, 1.807) is 18.2 Å². The lowest BCUT2D eigenvalue weighted by Crippen LogP contribution is -2.47. The van der Waals surface area contributed by atoms with Crippen LogP contribution in [0.3, 0.4) is 0 Å². The molecule has 33 heavy (non-hydrogen) atoms. The second-order valence-corrected chi connectivity index (χ2v) is 9.17. The normalized spacial score (nSPS) is 14.3. The highest BCUT2D eigenvalue weighted by atomic mass is 32.2. The van der Waals surface area contributed by atoms with Gasteiger partial charge < -0.3 is 10.2 Å². The standard InChI is InChI=1S/C26H29FN4OS/c27-22-5-1-4-8-25(22)33-20-12-26(32)29-23-6-2-3-7-24(23)31-18-16-30(17-19-31)15-11-21-9-13-28-14-10-21/h1-10,13-14H,11-12,15-20H2,(H,29,32). The maximum Gasteiger partial charge on any atom is 0.225 e. The Balaban J connectivity index is 1.26. The fourth-order valence-electron chi connectivity index (χ4n) is 3.93. The Labute approximate surface area is 199 Å². The molecule has 2 heterocycles. The molecule has 0 atom stereocenters. The second kappa shape index (κ2) is 11.8. The minimum atomic E-state index is -0.242. The number of aromatic nitrogens is 1. The molecule has 3 aromatic rings. The number of para-hydroxylation sites is 2. The Morgan fingerprint density at radius 1 is 0.970 bits per heavy atom. The number of nitrogens with zero attached hydrogens (tertiary/aromatic N) is 3. The summed E-state index contributed by atoms with van der Waals surface area (Å²) in [4.78, 5) is 22.0. The molecule has 5 nitrogen and oxygen atoms in total. The van der Waals surface area contributed by atoms with Gasteiger partial charge >= 0.3 is 0 Å². The number of anilines is 2. The summed E-state index contributed by atoms with van der Waals surface area (Å²) < 4.78 is 13.7. The van der Waals surface area contributed by atoms with Crippen LogP contribution in [0.1, 0.15) is 12.0 Å². The Morgan fingerprint density at radius 3 is 2.48 bits per heavy atom. The Bertz CT molecular complexity index is 1040. The number of benzene rings is 2. The summed E-state index contributed by atoms with van der Waals surface area (Å²) in [6.45, 7) is 4.87. The number of rotatable bonds is 9. The molecule has 0 spiro atoms. The lowest BCUT2D eigenvalue weighted by atomic mass is 10.1. The summed E-state index contributed by atoms with van der Waals surface area (Å²) in [6, 6.07) is 18.8. The molecule has 1 aliphatic rings. The first-order chi connectivity index (χ1) is 16.2. The number of hydrogen-bond donors (Lipinski definition) is 1. The van der Waals surface area contributed by atoms with Crippen LogP contribution in [0.5, 0.6) is 0 Å². The highest BCUT2D eigenvalue weighted by Gasteiger charge is 2.19. The molecule has 1 aliphatic heterocycles. The lowest BCUT2D eigenvalue weighted by molar-refractivity contribution is -0.115. The summed E-state index contributed by atoms with van der Waals surface area (Å²) in [6.07, 6.45) is 5.05. The molecule has 1 N–H and O–H groups in total. The van der Waals surface area contributed by atoms with Gasteiger partial charge in [0, 0.05) is 62.2 Å². The predicted molar refractivity (Wildman–Crippen MR) is 133 cm³/mol. The van der Waals surface area contributed by atoms with Crippen molar-refractivity contribution < 1.29 is 9.18 Å². The van der Waals surface area contributed by atoms with E-state index in [-0.39, 0.29) is 11.7 Å². The molecule has 0 radical (unpaired) electrons. The molecule has 4 rings (SSSR count). The van der Waals surface area contributed by atoms with Gasteiger partial charge in [0.2, 0.25) is 5.91 Å². The van der Waals surface area contributed by atoms with Crippen molar-refractivity contribution in [3.8, 4) is 0 Å². The van der Waals surface area contributed by atoms with Crippen LogP contribution in [-0.2, 0) is 11.2 Å². The van der Waals surface area contributed by atoms with Crippen molar-refractivity contribution in [2.24, 2.45) is 0 Å². The number of halogens is 1. The van der Waals surface area contributed by atoms with Crippen molar-refractivity contribution in [2.45, 2.75) is 17.7 Å². The molecule has 7 heteroatoms. The molecule has 172 valence electrons. The SMILES string of the molecule is O=C(CCSc1ccccc1F)Nc1ccccc1N1CCN(CCc2ccncc2)CC1. The van der Waals surface area contributed by atoms with Gasteiger partial charge in [-0.1, -0.05) is 24.3 Å². The van der Waals surface area contributed by atoms with E-state index in [1.165, 1.54) is 23.4 Å². The molecule has 0 unspecified atom stereocenters. The van der Waals surface area contributed by atoms with Gasteiger partial charge in [0.1, 0.15) is 5.82 Å². The van der Waals surface area contributed by atoms with Gasteiger partial charge in [-0.25, -0.2) is 4.39 Å². The maximum absolute atomic E-state index is 13.7. The number of piperazine rings is 1. The van der Waals surface area contributed by atoms with E-state index < -0.39 is 0 Å². The first-order valence-electron chi connectivity index (χ1n) is 11.3. The van der Waals surface area contributed by atoms with Crippen LogP contribution in [0.4, 0.5) is 15.8 Å². The van der Waals surface area contributed by atoms with Crippen LogP contribution in [-0.4, -0.2) is 54.3 Å². The highest BCUT2D eigenvalue weighted by Crippen LogP contribution is 2.27. The molecule has 0 bridgehead atoms. The van der Waals surface area contributed by atoms with E-state index in [0.717, 1.165) is 50.5 Å². The average molecular weight is 465 g/mol. The second-order valence-electron chi connectivity index (χ2n) is 8.03. The highest BCUT2D eigenvalue weighted by molar-refractivity contribution is 7.99. The van der Waals surface area contributed by atoms with Crippen LogP contribution in [0.2, 0.25) is 0 Å². The van der Waals surface area contributed by atoms with Crippen LogP contribution < -0.4 is 10.2 Å².